The van der Waals surface area contributed by atoms with Gasteiger partial charge < -0.3 is 15.8 Å². The number of hydrogen-bond donors (Lipinski definition) is 2. The Morgan fingerprint density at radius 2 is 1.80 bits per heavy atom. The molecule has 0 bridgehead atoms. The second kappa shape index (κ2) is 9.75. The van der Waals surface area contributed by atoms with E-state index in [1.54, 1.807) is 0 Å². The molecule has 0 fully saturated rings. The lowest BCUT2D eigenvalue weighted by atomic mass is 10.0. The summed E-state index contributed by atoms with van der Waals surface area (Å²) in [5.41, 5.74) is 7.91. The van der Waals surface area contributed by atoms with Gasteiger partial charge in [-0.2, -0.15) is 0 Å². The first-order valence-corrected chi connectivity index (χ1v) is 6.73. The Kier molecular flexibility index (Phi) is 9.21. The van der Waals surface area contributed by atoms with Crippen molar-refractivity contribution in [3.05, 3.63) is 35.4 Å². The van der Waals surface area contributed by atoms with Crippen LogP contribution in [-0.2, 0) is 22.7 Å². The Labute approximate surface area is 127 Å². The fourth-order valence-corrected chi connectivity index (χ4v) is 1.56. The van der Waals surface area contributed by atoms with Crippen LogP contribution in [0.1, 0.15) is 31.9 Å². The van der Waals surface area contributed by atoms with E-state index in [-0.39, 0.29) is 30.3 Å². The Morgan fingerprint density at radius 3 is 2.30 bits per heavy atom. The summed E-state index contributed by atoms with van der Waals surface area (Å²) < 4.78 is 5.33. The quantitative estimate of drug-likeness (QED) is 0.812. The van der Waals surface area contributed by atoms with Crippen LogP contribution in [0.2, 0.25) is 0 Å². The molecule has 2 atom stereocenters. The zero-order chi connectivity index (χ0) is 14.3. The molecule has 5 heteroatoms. The minimum Gasteiger partial charge on any atom is -0.377 e. The molecule has 114 valence electrons. The molecule has 1 aromatic carbocycles. The van der Waals surface area contributed by atoms with E-state index in [1.165, 1.54) is 0 Å². The first-order chi connectivity index (χ1) is 9.04. The van der Waals surface area contributed by atoms with E-state index in [0.29, 0.717) is 19.8 Å². The molecule has 1 aromatic rings. The van der Waals surface area contributed by atoms with Gasteiger partial charge in [-0.25, -0.2) is 0 Å². The molecule has 0 radical (unpaired) electrons. The molecule has 0 aliphatic carbocycles. The van der Waals surface area contributed by atoms with Gasteiger partial charge in [-0.3, -0.25) is 4.79 Å². The number of carbonyl (C=O) groups excluding carboxylic acids is 1. The maximum atomic E-state index is 11.8. The number of ether oxygens (including phenoxy) is 1. The lowest BCUT2D eigenvalue weighted by Gasteiger charge is -2.15. The summed E-state index contributed by atoms with van der Waals surface area (Å²) in [6.07, 6.45) is 0. The third kappa shape index (κ3) is 6.37. The SMILES string of the molecule is CCOCc1ccc(CNC(=O)C(C)C(C)N)cc1.Cl. The van der Waals surface area contributed by atoms with E-state index in [4.69, 9.17) is 10.5 Å². The van der Waals surface area contributed by atoms with Crippen molar-refractivity contribution in [3.8, 4) is 0 Å². The van der Waals surface area contributed by atoms with E-state index >= 15 is 0 Å². The van der Waals surface area contributed by atoms with E-state index in [0.717, 1.165) is 11.1 Å². The van der Waals surface area contributed by atoms with Crippen molar-refractivity contribution in [2.24, 2.45) is 11.7 Å². The highest BCUT2D eigenvalue weighted by Gasteiger charge is 2.16. The van der Waals surface area contributed by atoms with Crippen LogP contribution in [0.4, 0.5) is 0 Å². The van der Waals surface area contributed by atoms with Gasteiger partial charge in [-0.1, -0.05) is 31.2 Å². The van der Waals surface area contributed by atoms with Crippen LogP contribution in [0, 0.1) is 5.92 Å². The maximum absolute atomic E-state index is 11.8. The highest BCUT2D eigenvalue weighted by atomic mass is 35.5. The molecule has 2 unspecified atom stereocenters. The Hall–Kier alpha value is -1.10. The Morgan fingerprint density at radius 1 is 1.25 bits per heavy atom. The summed E-state index contributed by atoms with van der Waals surface area (Å²) in [7, 11) is 0. The molecule has 0 aromatic heterocycles. The van der Waals surface area contributed by atoms with Crippen LogP contribution in [0.3, 0.4) is 0 Å². The number of rotatable bonds is 7. The summed E-state index contributed by atoms with van der Waals surface area (Å²) in [6, 6.07) is 7.92. The molecule has 0 saturated heterocycles. The number of nitrogens with two attached hydrogens (primary N) is 1. The number of halogens is 1. The van der Waals surface area contributed by atoms with Gasteiger partial charge in [0.2, 0.25) is 5.91 Å². The normalized spacial score (nSPS) is 13.2. The molecule has 4 nitrogen and oxygen atoms in total. The summed E-state index contributed by atoms with van der Waals surface area (Å²) in [5.74, 6) is -0.175. The standard InChI is InChI=1S/C15H24N2O2.ClH/c1-4-19-10-14-7-5-13(6-8-14)9-17-15(18)11(2)12(3)16;/h5-8,11-12H,4,9-10,16H2,1-3H3,(H,17,18);1H. The molecule has 3 N–H and O–H groups in total. The van der Waals surface area contributed by atoms with Crippen LogP contribution in [0.5, 0.6) is 0 Å². The molecule has 0 spiro atoms. The van der Waals surface area contributed by atoms with Crippen LogP contribution >= 0.6 is 12.4 Å². The molecule has 0 saturated carbocycles. The van der Waals surface area contributed by atoms with E-state index in [9.17, 15) is 4.79 Å². The minimum absolute atomic E-state index is 0. The highest BCUT2D eigenvalue weighted by Crippen LogP contribution is 2.06. The van der Waals surface area contributed by atoms with Crippen molar-refractivity contribution in [1.29, 1.82) is 0 Å². The summed E-state index contributed by atoms with van der Waals surface area (Å²) in [6.45, 7) is 7.53. The number of benzene rings is 1. The maximum Gasteiger partial charge on any atom is 0.224 e. The van der Waals surface area contributed by atoms with Gasteiger partial charge in [0.1, 0.15) is 0 Å². The largest absolute Gasteiger partial charge is 0.377 e. The number of nitrogens with one attached hydrogen (secondary N) is 1. The first kappa shape index (κ1) is 18.9. The minimum atomic E-state index is -0.169. The summed E-state index contributed by atoms with van der Waals surface area (Å²) in [4.78, 5) is 11.8. The van der Waals surface area contributed by atoms with Gasteiger partial charge in [0.25, 0.3) is 0 Å². The topological polar surface area (TPSA) is 64.3 Å². The molecule has 20 heavy (non-hydrogen) atoms. The molecule has 1 amide bonds. The predicted molar refractivity (Wildman–Crippen MR) is 83.7 cm³/mol. The highest BCUT2D eigenvalue weighted by molar-refractivity contribution is 5.85. The van der Waals surface area contributed by atoms with Gasteiger partial charge in [-0.15, -0.1) is 12.4 Å². The van der Waals surface area contributed by atoms with E-state index in [1.807, 2.05) is 45.0 Å². The summed E-state index contributed by atoms with van der Waals surface area (Å²) >= 11 is 0. The van der Waals surface area contributed by atoms with E-state index < -0.39 is 0 Å². The lowest BCUT2D eigenvalue weighted by Crippen LogP contribution is -2.38. The van der Waals surface area contributed by atoms with Crippen molar-refractivity contribution < 1.29 is 9.53 Å². The zero-order valence-corrected chi connectivity index (χ0v) is 13.2. The van der Waals surface area contributed by atoms with Crippen molar-refractivity contribution in [1.82, 2.24) is 5.32 Å². The second-order valence-electron chi connectivity index (χ2n) is 4.82. The smallest absolute Gasteiger partial charge is 0.224 e. The average molecular weight is 301 g/mol. The van der Waals surface area contributed by atoms with Crippen molar-refractivity contribution in [2.45, 2.75) is 40.0 Å². The Bertz CT molecular complexity index is 393. The first-order valence-electron chi connectivity index (χ1n) is 6.73. The molecular formula is C15H25ClN2O2. The van der Waals surface area contributed by atoms with Gasteiger partial charge in [0.15, 0.2) is 0 Å². The third-order valence-corrected chi connectivity index (χ3v) is 3.16. The van der Waals surface area contributed by atoms with Crippen molar-refractivity contribution in [3.63, 3.8) is 0 Å². The molecular weight excluding hydrogens is 276 g/mol. The second-order valence-corrected chi connectivity index (χ2v) is 4.82. The number of carbonyl (C=O) groups is 1. The third-order valence-electron chi connectivity index (χ3n) is 3.16. The molecule has 1 rings (SSSR count). The van der Waals surface area contributed by atoms with Crippen LogP contribution < -0.4 is 11.1 Å². The van der Waals surface area contributed by atoms with Crippen molar-refractivity contribution >= 4 is 18.3 Å². The van der Waals surface area contributed by atoms with Crippen LogP contribution in [0.25, 0.3) is 0 Å². The van der Waals surface area contributed by atoms with Gasteiger partial charge in [0, 0.05) is 25.1 Å². The van der Waals surface area contributed by atoms with Crippen LogP contribution in [-0.4, -0.2) is 18.6 Å². The van der Waals surface area contributed by atoms with Crippen molar-refractivity contribution in [2.75, 3.05) is 6.61 Å². The van der Waals surface area contributed by atoms with Crippen LogP contribution in [0.15, 0.2) is 24.3 Å². The van der Waals surface area contributed by atoms with Gasteiger partial charge >= 0.3 is 0 Å². The monoisotopic (exact) mass is 300 g/mol. The number of amides is 1. The van der Waals surface area contributed by atoms with E-state index in [2.05, 4.69) is 5.32 Å². The van der Waals surface area contributed by atoms with Gasteiger partial charge in [0.05, 0.1) is 6.61 Å². The molecule has 0 aliphatic rings. The Balaban J connectivity index is 0.00000361. The summed E-state index contributed by atoms with van der Waals surface area (Å²) in [5, 5.41) is 2.89. The molecule has 0 heterocycles. The number of hydrogen-bond acceptors (Lipinski definition) is 3. The predicted octanol–water partition coefficient (Wildman–Crippen LogP) is 2.24. The fraction of sp³-hybridized carbons (Fsp3) is 0.533. The average Bonchev–Trinajstić information content (AvgIpc) is 2.42. The lowest BCUT2D eigenvalue weighted by molar-refractivity contribution is -0.125. The zero-order valence-electron chi connectivity index (χ0n) is 12.4. The van der Waals surface area contributed by atoms with Gasteiger partial charge in [-0.05, 0) is 25.0 Å². The molecule has 0 aliphatic heterocycles. The fourth-order valence-electron chi connectivity index (χ4n) is 1.56.